The van der Waals surface area contributed by atoms with Crippen LogP contribution in [0.2, 0.25) is 0 Å². The van der Waals surface area contributed by atoms with E-state index < -0.39 is 0 Å². The molecule has 106 valence electrons. The molecule has 0 bridgehead atoms. The van der Waals surface area contributed by atoms with Crippen molar-refractivity contribution in [1.29, 1.82) is 0 Å². The fourth-order valence-corrected chi connectivity index (χ4v) is 2.93. The van der Waals surface area contributed by atoms with Gasteiger partial charge in [0.25, 0.3) is 0 Å². The van der Waals surface area contributed by atoms with Crippen molar-refractivity contribution in [2.45, 2.75) is 37.1 Å². The first-order valence-corrected chi connectivity index (χ1v) is 7.99. The van der Waals surface area contributed by atoms with Crippen LogP contribution in [0.1, 0.15) is 37.9 Å². The zero-order valence-corrected chi connectivity index (χ0v) is 13.3. The molecule has 0 aliphatic carbocycles. The van der Waals surface area contributed by atoms with Crippen LogP contribution in [0.25, 0.3) is 0 Å². The molecule has 1 atom stereocenters. The van der Waals surface area contributed by atoms with Gasteiger partial charge in [0, 0.05) is 16.7 Å². The fourth-order valence-electron chi connectivity index (χ4n) is 2.03. The van der Waals surface area contributed by atoms with Crippen LogP contribution in [-0.4, -0.2) is 5.75 Å². The number of hydrogen-bond acceptors (Lipinski definition) is 2. The summed E-state index contributed by atoms with van der Waals surface area (Å²) in [5.74, 6) is 0.902. The Bertz CT molecular complexity index is 526. The molecule has 1 unspecified atom stereocenters. The highest BCUT2D eigenvalue weighted by atomic mass is 32.2. The molecule has 2 rings (SSSR count). The predicted octanol–water partition coefficient (Wildman–Crippen LogP) is 4.78. The third kappa shape index (κ3) is 4.12. The largest absolute Gasteiger partial charge is 0.323 e. The maximum absolute atomic E-state index is 6.22. The van der Waals surface area contributed by atoms with Crippen LogP contribution in [0.3, 0.4) is 0 Å². The number of nitrogens with two attached hydrogens (primary N) is 1. The second kappa shape index (κ2) is 6.47. The number of thioether (sulfide) groups is 1. The molecule has 20 heavy (non-hydrogen) atoms. The van der Waals surface area contributed by atoms with Crippen LogP contribution >= 0.6 is 11.8 Å². The van der Waals surface area contributed by atoms with Crippen LogP contribution in [0.4, 0.5) is 0 Å². The van der Waals surface area contributed by atoms with Crippen LogP contribution in [-0.2, 0) is 5.41 Å². The Morgan fingerprint density at radius 2 is 1.55 bits per heavy atom. The quantitative estimate of drug-likeness (QED) is 0.818. The first-order chi connectivity index (χ1) is 9.47. The van der Waals surface area contributed by atoms with Crippen LogP contribution in [0.15, 0.2) is 59.5 Å². The molecule has 0 amide bonds. The number of hydrogen-bond donors (Lipinski definition) is 1. The molecule has 0 aliphatic heterocycles. The van der Waals surface area contributed by atoms with Crippen LogP contribution < -0.4 is 5.73 Å². The summed E-state index contributed by atoms with van der Waals surface area (Å²) in [6, 6.07) is 19.2. The molecule has 0 fully saturated rings. The zero-order valence-electron chi connectivity index (χ0n) is 12.5. The van der Waals surface area contributed by atoms with E-state index in [0.717, 1.165) is 5.75 Å². The highest BCUT2D eigenvalue weighted by molar-refractivity contribution is 7.99. The molecule has 1 nitrogen and oxygen atoms in total. The van der Waals surface area contributed by atoms with Gasteiger partial charge in [-0.2, -0.15) is 0 Å². The van der Waals surface area contributed by atoms with E-state index in [2.05, 4.69) is 57.2 Å². The Balaban J connectivity index is 1.94. The smallest absolute Gasteiger partial charge is 0.0390 e. The molecule has 0 heterocycles. The van der Waals surface area contributed by atoms with Gasteiger partial charge in [0.1, 0.15) is 0 Å². The molecule has 0 saturated carbocycles. The summed E-state index contributed by atoms with van der Waals surface area (Å²) in [6.07, 6.45) is 0. The first kappa shape index (κ1) is 15.1. The van der Waals surface area contributed by atoms with Crippen molar-refractivity contribution in [1.82, 2.24) is 0 Å². The average Bonchev–Trinajstić information content (AvgIpc) is 2.45. The molecule has 2 heteroatoms. The van der Waals surface area contributed by atoms with Crippen molar-refractivity contribution in [2.75, 3.05) is 5.75 Å². The highest BCUT2D eigenvalue weighted by Gasteiger charge is 2.13. The van der Waals surface area contributed by atoms with Gasteiger partial charge in [-0.25, -0.2) is 0 Å². The minimum atomic E-state index is 0.0866. The minimum absolute atomic E-state index is 0.0866. The van der Waals surface area contributed by atoms with Crippen molar-refractivity contribution in [3.8, 4) is 0 Å². The lowest BCUT2D eigenvalue weighted by molar-refractivity contribution is 0.590. The zero-order chi connectivity index (χ0) is 14.6. The Labute approximate surface area is 126 Å². The van der Waals surface area contributed by atoms with Gasteiger partial charge in [-0.1, -0.05) is 63.2 Å². The maximum atomic E-state index is 6.22. The monoisotopic (exact) mass is 285 g/mol. The van der Waals surface area contributed by atoms with Crippen LogP contribution in [0.5, 0.6) is 0 Å². The van der Waals surface area contributed by atoms with Crippen molar-refractivity contribution < 1.29 is 0 Å². The molecule has 2 N–H and O–H groups in total. The normalized spacial score (nSPS) is 13.2. The van der Waals surface area contributed by atoms with Crippen molar-refractivity contribution in [3.63, 3.8) is 0 Å². The van der Waals surface area contributed by atoms with E-state index >= 15 is 0 Å². The van der Waals surface area contributed by atoms with E-state index in [-0.39, 0.29) is 11.5 Å². The summed E-state index contributed by atoms with van der Waals surface area (Å²) >= 11 is 1.82. The summed E-state index contributed by atoms with van der Waals surface area (Å²) in [5, 5.41) is 0. The summed E-state index contributed by atoms with van der Waals surface area (Å²) in [4.78, 5) is 1.28. The van der Waals surface area contributed by atoms with E-state index in [1.807, 2.05) is 30.0 Å². The lowest BCUT2D eigenvalue weighted by Crippen LogP contribution is -2.13. The van der Waals surface area contributed by atoms with E-state index in [0.29, 0.717) is 0 Å². The number of benzene rings is 2. The lowest BCUT2D eigenvalue weighted by atomic mass is 9.87. The van der Waals surface area contributed by atoms with Gasteiger partial charge < -0.3 is 5.73 Å². The van der Waals surface area contributed by atoms with Gasteiger partial charge in [0.05, 0.1) is 0 Å². The number of rotatable bonds is 4. The van der Waals surface area contributed by atoms with E-state index in [1.54, 1.807) is 0 Å². The third-order valence-corrected chi connectivity index (χ3v) is 4.51. The summed E-state index contributed by atoms with van der Waals surface area (Å²) in [6.45, 7) is 6.71. The van der Waals surface area contributed by atoms with Gasteiger partial charge in [-0.15, -0.1) is 11.8 Å². The first-order valence-electron chi connectivity index (χ1n) is 7.01. The van der Waals surface area contributed by atoms with Crippen LogP contribution in [0, 0.1) is 0 Å². The molecule has 2 aromatic carbocycles. The SMILES string of the molecule is CC(C)(C)c1ccc(SCC(N)c2ccccc2)cc1. The minimum Gasteiger partial charge on any atom is -0.323 e. The molecule has 0 aliphatic rings. The van der Waals surface area contributed by atoms with Gasteiger partial charge >= 0.3 is 0 Å². The molecular weight excluding hydrogens is 262 g/mol. The molecule has 0 radical (unpaired) electrons. The van der Waals surface area contributed by atoms with Gasteiger partial charge in [0.15, 0.2) is 0 Å². The van der Waals surface area contributed by atoms with Crippen molar-refractivity contribution in [2.24, 2.45) is 5.73 Å². The molecular formula is C18H23NS. The molecule has 2 aromatic rings. The second-order valence-corrected chi connectivity index (χ2v) is 7.20. The third-order valence-electron chi connectivity index (χ3n) is 3.38. The Hall–Kier alpha value is -1.25. The second-order valence-electron chi connectivity index (χ2n) is 6.10. The highest BCUT2D eigenvalue weighted by Crippen LogP contribution is 2.27. The Kier molecular flexibility index (Phi) is 4.90. The van der Waals surface area contributed by atoms with Gasteiger partial charge in [-0.3, -0.25) is 0 Å². The van der Waals surface area contributed by atoms with Gasteiger partial charge in [0.2, 0.25) is 0 Å². The lowest BCUT2D eigenvalue weighted by Gasteiger charge is -2.19. The topological polar surface area (TPSA) is 26.0 Å². The fraction of sp³-hybridized carbons (Fsp3) is 0.333. The van der Waals surface area contributed by atoms with Crippen molar-refractivity contribution >= 4 is 11.8 Å². The van der Waals surface area contributed by atoms with Crippen molar-refractivity contribution in [3.05, 3.63) is 65.7 Å². The standard InChI is InChI=1S/C18H23NS/c1-18(2,3)15-9-11-16(12-10-15)20-13-17(19)14-7-5-4-6-8-14/h4-12,17H,13,19H2,1-3H3. The van der Waals surface area contributed by atoms with E-state index in [4.69, 9.17) is 5.73 Å². The van der Waals surface area contributed by atoms with E-state index in [1.165, 1.54) is 16.0 Å². The molecule has 0 aromatic heterocycles. The molecule has 0 spiro atoms. The summed E-state index contributed by atoms with van der Waals surface area (Å²) in [7, 11) is 0. The Morgan fingerprint density at radius 1 is 0.950 bits per heavy atom. The average molecular weight is 285 g/mol. The van der Waals surface area contributed by atoms with Gasteiger partial charge in [-0.05, 0) is 28.7 Å². The summed E-state index contributed by atoms with van der Waals surface area (Å²) < 4.78 is 0. The van der Waals surface area contributed by atoms with E-state index in [9.17, 15) is 0 Å². The maximum Gasteiger partial charge on any atom is 0.0390 e. The summed E-state index contributed by atoms with van der Waals surface area (Å²) in [5.41, 5.74) is 9.00. The predicted molar refractivity (Wildman–Crippen MR) is 89.2 cm³/mol. The molecule has 0 saturated heterocycles. The Morgan fingerprint density at radius 3 is 2.10 bits per heavy atom.